The molecule has 0 spiro atoms. The van der Waals surface area contributed by atoms with Crippen LogP contribution in [0.15, 0.2) is 0 Å². The predicted molar refractivity (Wildman–Crippen MR) is 71.9 cm³/mol. The van der Waals surface area contributed by atoms with Gasteiger partial charge in [0, 0.05) is 6.04 Å². The molecular weight excluding hydrogens is 196 g/mol. The number of unbranched alkanes of at least 4 members (excludes halogenated alkanes) is 4. The molecule has 0 aromatic carbocycles. The van der Waals surface area contributed by atoms with Crippen molar-refractivity contribution in [1.82, 2.24) is 10.2 Å². The molecule has 1 rings (SSSR count). The lowest BCUT2D eigenvalue weighted by atomic mass is 10.2. The summed E-state index contributed by atoms with van der Waals surface area (Å²) in [5.41, 5.74) is 0. The van der Waals surface area contributed by atoms with E-state index in [1.807, 2.05) is 0 Å². The summed E-state index contributed by atoms with van der Waals surface area (Å²) in [7, 11) is 2.25. The number of hydrogen-bond donors (Lipinski definition) is 1. The number of rotatable bonds is 11. The molecule has 0 heterocycles. The lowest BCUT2D eigenvalue weighted by molar-refractivity contribution is 0.318. The minimum atomic E-state index is 0.889. The highest BCUT2D eigenvalue weighted by Crippen LogP contribution is 2.18. The average molecular weight is 226 g/mol. The summed E-state index contributed by atoms with van der Waals surface area (Å²) >= 11 is 0. The summed E-state index contributed by atoms with van der Waals surface area (Å²) in [5, 5.41) is 3.57. The van der Waals surface area contributed by atoms with Gasteiger partial charge in [0.15, 0.2) is 0 Å². The molecule has 0 aromatic heterocycles. The van der Waals surface area contributed by atoms with Gasteiger partial charge >= 0.3 is 0 Å². The average Bonchev–Trinajstić information content (AvgIpc) is 3.09. The predicted octanol–water partition coefficient (Wildman–Crippen LogP) is 3.03. The highest BCUT2D eigenvalue weighted by atomic mass is 15.1. The summed E-state index contributed by atoms with van der Waals surface area (Å²) in [5.74, 6) is 0. The maximum atomic E-state index is 3.57. The lowest BCUT2D eigenvalue weighted by Gasteiger charge is -2.15. The van der Waals surface area contributed by atoms with E-state index in [1.165, 1.54) is 71.0 Å². The molecule has 2 nitrogen and oxygen atoms in total. The van der Waals surface area contributed by atoms with Crippen molar-refractivity contribution in [2.75, 3.05) is 26.7 Å². The zero-order valence-electron chi connectivity index (χ0n) is 11.3. The summed E-state index contributed by atoms with van der Waals surface area (Å²) in [6.45, 7) is 6.08. The minimum Gasteiger partial charge on any atom is -0.314 e. The summed E-state index contributed by atoms with van der Waals surface area (Å²) < 4.78 is 0. The van der Waals surface area contributed by atoms with E-state index in [-0.39, 0.29) is 0 Å². The summed E-state index contributed by atoms with van der Waals surface area (Å²) in [4.78, 5) is 2.48. The lowest BCUT2D eigenvalue weighted by Crippen LogP contribution is -2.21. The molecule has 1 fully saturated rings. The van der Waals surface area contributed by atoms with Gasteiger partial charge in [0.25, 0.3) is 0 Å². The van der Waals surface area contributed by atoms with Crippen LogP contribution < -0.4 is 5.32 Å². The van der Waals surface area contributed by atoms with E-state index in [1.54, 1.807) is 0 Å². The van der Waals surface area contributed by atoms with Crippen molar-refractivity contribution in [3.63, 3.8) is 0 Å². The van der Waals surface area contributed by atoms with Crippen molar-refractivity contribution in [3.8, 4) is 0 Å². The number of hydrogen-bond acceptors (Lipinski definition) is 2. The largest absolute Gasteiger partial charge is 0.314 e. The van der Waals surface area contributed by atoms with E-state index in [9.17, 15) is 0 Å². The summed E-state index contributed by atoms with van der Waals surface area (Å²) in [6.07, 6.45) is 11.1. The van der Waals surface area contributed by atoms with E-state index in [0.717, 1.165) is 6.04 Å². The smallest absolute Gasteiger partial charge is 0.00682 e. The van der Waals surface area contributed by atoms with Gasteiger partial charge in [0.1, 0.15) is 0 Å². The molecule has 0 unspecified atom stereocenters. The van der Waals surface area contributed by atoms with Crippen molar-refractivity contribution in [2.24, 2.45) is 0 Å². The highest BCUT2D eigenvalue weighted by molar-refractivity contribution is 4.80. The standard InChI is InChI=1S/C14H30N2/c1-3-4-12-16(2)13-8-6-5-7-11-15-14-9-10-14/h14-15H,3-13H2,1-2H3. The molecule has 2 heteroatoms. The first kappa shape index (κ1) is 14.0. The molecule has 0 aromatic rings. The van der Waals surface area contributed by atoms with Crippen LogP contribution in [0.1, 0.15) is 58.3 Å². The number of nitrogens with zero attached hydrogens (tertiary/aromatic N) is 1. The van der Waals surface area contributed by atoms with Crippen LogP contribution in [-0.2, 0) is 0 Å². The van der Waals surface area contributed by atoms with Gasteiger partial charge in [0.2, 0.25) is 0 Å². The first-order valence-corrected chi connectivity index (χ1v) is 7.25. The molecule has 1 N–H and O–H groups in total. The maximum Gasteiger partial charge on any atom is 0.00682 e. The first-order chi connectivity index (χ1) is 7.83. The Morgan fingerprint density at radius 2 is 1.69 bits per heavy atom. The van der Waals surface area contributed by atoms with E-state index in [4.69, 9.17) is 0 Å². The molecule has 0 amide bonds. The van der Waals surface area contributed by atoms with Crippen molar-refractivity contribution < 1.29 is 0 Å². The fourth-order valence-corrected chi connectivity index (χ4v) is 1.99. The third-order valence-electron chi connectivity index (χ3n) is 3.37. The SMILES string of the molecule is CCCCN(C)CCCCCCNC1CC1. The molecule has 0 radical (unpaired) electrons. The van der Waals surface area contributed by atoms with Crippen LogP contribution in [0.3, 0.4) is 0 Å². The molecule has 0 bridgehead atoms. The quantitative estimate of drug-likeness (QED) is 0.545. The molecule has 0 saturated heterocycles. The zero-order valence-corrected chi connectivity index (χ0v) is 11.3. The van der Waals surface area contributed by atoms with Gasteiger partial charge < -0.3 is 10.2 Å². The molecule has 0 atom stereocenters. The van der Waals surface area contributed by atoms with Crippen LogP contribution in [0.4, 0.5) is 0 Å². The van der Waals surface area contributed by atoms with Crippen LogP contribution in [0.5, 0.6) is 0 Å². The van der Waals surface area contributed by atoms with Crippen molar-refractivity contribution in [2.45, 2.75) is 64.3 Å². The first-order valence-electron chi connectivity index (χ1n) is 7.25. The van der Waals surface area contributed by atoms with Gasteiger partial charge in [-0.1, -0.05) is 26.2 Å². The molecular formula is C14H30N2. The van der Waals surface area contributed by atoms with Crippen LogP contribution in [0.2, 0.25) is 0 Å². The Labute approximate surface area is 102 Å². The molecule has 16 heavy (non-hydrogen) atoms. The second-order valence-electron chi connectivity index (χ2n) is 5.30. The van der Waals surface area contributed by atoms with Gasteiger partial charge in [0.05, 0.1) is 0 Å². The molecule has 1 aliphatic carbocycles. The van der Waals surface area contributed by atoms with Crippen molar-refractivity contribution in [1.29, 1.82) is 0 Å². The normalized spacial score (nSPS) is 15.9. The van der Waals surface area contributed by atoms with Crippen LogP contribution in [-0.4, -0.2) is 37.6 Å². The Morgan fingerprint density at radius 1 is 1.00 bits per heavy atom. The molecule has 1 saturated carbocycles. The fraction of sp³-hybridized carbons (Fsp3) is 1.00. The minimum absolute atomic E-state index is 0.889. The van der Waals surface area contributed by atoms with Gasteiger partial charge in [-0.25, -0.2) is 0 Å². The highest BCUT2D eigenvalue weighted by Gasteiger charge is 2.19. The second kappa shape index (κ2) is 9.00. The zero-order chi connectivity index (χ0) is 11.6. The molecule has 1 aliphatic rings. The van der Waals surface area contributed by atoms with E-state index < -0.39 is 0 Å². The maximum absolute atomic E-state index is 3.57. The number of nitrogens with one attached hydrogen (secondary N) is 1. The Hall–Kier alpha value is -0.0800. The monoisotopic (exact) mass is 226 g/mol. The van der Waals surface area contributed by atoms with Gasteiger partial charge in [-0.05, 0) is 58.8 Å². The molecule has 96 valence electrons. The summed E-state index contributed by atoms with van der Waals surface area (Å²) in [6, 6.07) is 0.889. The Balaban J connectivity index is 1.72. The fourth-order valence-electron chi connectivity index (χ4n) is 1.99. The Bertz CT molecular complexity index is 155. The topological polar surface area (TPSA) is 15.3 Å². The van der Waals surface area contributed by atoms with E-state index >= 15 is 0 Å². The second-order valence-corrected chi connectivity index (χ2v) is 5.30. The Kier molecular flexibility index (Phi) is 7.87. The Morgan fingerprint density at radius 3 is 2.38 bits per heavy atom. The third-order valence-corrected chi connectivity index (χ3v) is 3.37. The molecule has 0 aliphatic heterocycles. The van der Waals surface area contributed by atoms with Gasteiger partial charge in [-0.15, -0.1) is 0 Å². The van der Waals surface area contributed by atoms with Crippen LogP contribution in [0.25, 0.3) is 0 Å². The van der Waals surface area contributed by atoms with Gasteiger partial charge in [-0.2, -0.15) is 0 Å². The van der Waals surface area contributed by atoms with E-state index in [2.05, 4.69) is 24.2 Å². The van der Waals surface area contributed by atoms with Crippen molar-refractivity contribution >= 4 is 0 Å². The van der Waals surface area contributed by atoms with E-state index in [0.29, 0.717) is 0 Å². The third kappa shape index (κ3) is 8.12. The van der Waals surface area contributed by atoms with Crippen molar-refractivity contribution in [3.05, 3.63) is 0 Å². The van der Waals surface area contributed by atoms with Crippen LogP contribution in [0, 0.1) is 0 Å². The van der Waals surface area contributed by atoms with Gasteiger partial charge in [-0.3, -0.25) is 0 Å². The van der Waals surface area contributed by atoms with Crippen LogP contribution >= 0.6 is 0 Å².